The molecule has 0 aromatic heterocycles. The summed E-state index contributed by atoms with van der Waals surface area (Å²) in [5.74, 6) is -0.417. The zero-order valence-corrected chi connectivity index (χ0v) is 14.1. The lowest BCUT2D eigenvalue weighted by atomic mass is 9.96. The normalized spacial score (nSPS) is 11.8. The monoisotopic (exact) mass is 326 g/mol. The number of hydrogen-bond donors (Lipinski definition) is 2. The summed E-state index contributed by atoms with van der Waals surface area (Å²) >= 11 is 0. The Labute approximate surface area is 131 Å². The Hall–Kier alpha value is -1.89. The van der Waals surface area contributed by atoms with Gasteiger partial charge in [-0.2, -0.15) is 0 Å². The maximum absolute atomic E-state index is 11.8. The summed E-state index contributed by atoms with van der Waals surface area (Å²) in [6.07, 6.45) is 1.22. The maximum Gasteiger partial charge on any atom is 0.226 e. The van der Waals surface area contributed by atoms with Crippen LogP contribution in [0.3, 0.4) is 0 Å². The fourth-order valence-corrected chi connectivity index (χ4v) is 2.25. The highest BCUT2D eigenvalue weighted by molar-refractivity contribution is 7.90. The number of hydrogen-bond acceptors (Lipinski definition) is 4. The van der Waals surface area contributed by atoms with Crippen molar-refractivity contribution in [1.29, 1.82) is 0 Å². The van der Waals surface area contributed by atoms with Crippen molar-refractivity contribution >= 4 is 27.3 Å². The van der Waals surface area contributed by atoms with Gasteiger partial charge in [-0.1, -0.05) is 26.8 Å². The average Bonchev–Trinajstić information content (AvgIpc) is 2.36. The minimum atomic E-state index is -3.31. The Morgan fingerprint density at radius 3 is 2.36 bits per heavy atom. The standard InChI is InChI=1S/C15H22N2O4S/c1-15(2,3)14(19)16-9-8-13(18)17-11-6-5-7-12(10-11)22(4,20)21/h5-7,10H,8-9H2,1-4H3,(H,16,19)(H,17,18). The lowest BCUT2D eigenvalue weighted by molar-refractivity contribution is -0.128. The molecule has 22 heavy (non-hydrogen) atoms. The van der Waals surface area contributed by atoms with E-state index in [0.29, 0.717) is 5.69 Å². The number of nitrogens with one attached hydrogen (secondary N) is 2. The second kappa shape index (κ2) is 6.91. The van der Waals surface area contributed by atoms with E-state index in [1.165, 1.54) is 12.1 Å². The summed E-state index contributed by atoms with van der Waals surface area (Å²) in [4.78, 5) is 23.6. The van der Waals surface area contributed by atoms with Gasteiger partial charge in [-0.25, -0.2) is 8.42 Å². The molecule has 0 atom stereocenters. The van der Waals surface area contributed by atoms with E-state index in [0.717, 1.165) is 6.26 Å². The largest absolute Gasteiger partial charge is 0.355 e. The number of carbonyl (C=O) groups is 2. The summed E-state index contributed by atoms with van der Waals surface area (Å²) in [7, 11) is -3.31. The number of amides is 2. The van der Waals surface area contributed by atoms with Gasteiger partial charge in [-0.3, -0.25) is 9.59 Å². The summed E-state index contributed by atoms with van der Waals surface area (Å²) < 4.78 is 22.9. The summed E-state index contributed by atoms with van der Waals surface area (Å²) in [5, 5.41) is 5.29. The van der Waals surface area contributed by atoms with Gasteiger partial charge in [0, 0.05) is 30.3 Å². The van der Waals surface area contributed by atoms with Gasteiger partial charge in [0.25, 0.3) is 0 Å². The van der Waals surface area contributed by atoms with Crippen LogP contribution in [0.1, 0.15) is 27.2 Å². The number of sulfone groups is 1. The molecule has 0 aliphatic heterocycles. The first-order chi connectivity index (χ1) is 10.00. The zero-order valence-electron chi connectivity index (χ0n) is 13.3. The molecule has 0 aliphatic rings. The summed E-state index contributed by atoms with van der Waals surface area (Å²) in [6, 6.07) is 6.04. The van der Waals surface area contributed by atoms with E-state index in [4.69, 9.17) is 0 Å². The first kappa shape index (κ1) is 18.2. The molecule has 0 bridgehead atoms. The molecular formula is C15H22N2O4S. The molecule has 0 spiro atoms. The van der Waals surface area contributed by atoms with Crippen molar-refractivity contribution in [2.75, 3.05) is 18.1 Å². The molecule has 1 aromatic rings. The van der Waals surface area contributed by atoms with Crippen molar-refractivity contribution in [3.05, 3.63) is 24.3 Å². The van der Waals surface area contributed by atoms with Crippen LogP contribution in [-0.4, -0.2) is 33.0 Å². The fourth-order valence-electron chi connectivity index (χ4n) is 1.58. The van der Waals surface area contributed by atoms with Crippen LogP contribution in [0.2, 0.25) is 0 Å². The molecule has 0 saturated heterocycles. The lowest BCUT2D eigenvalue weighted by Gasteiger charge is -2.17. The highest BCUT2D eigenvalue weighted by atomic mass is 32.2. The van der Waals surface area contributed by atoms with E-state index < -0.39 is 15.3 Å². The highest BCUT2D eigenvalue weighted by Crippen LogP contribution is 2.15. The van der Waals surface area contributed by atoms with Gasteiger partial charge in [0.05, 0.1) is 4.90 Å². The van der Waals surface area contributed by atoms with E-state index in [9.17, 15) is 18.0 Å². The molecule has 1 rings (SSSR count). The van der Waals surface area contributed by atoms with Gasteiger partial charge in [-0.15, -0.1) is 0 Å². The van der Waals surface area contributed by atoms with Crippen LogP contribution in [0.25, 0.3) is 0 Å². The van der Waals surface area contributed by atoms with Crippen LogP contribution in [-0.2, 0) is 19.4 Å². The van der Waals surface area contributed by atoms with Gasteiger partial charge >= 0.3 is 0 Å². The van der Waals surface area contributed by atoms with Crippen molar-refractivity contribution in [1.82, 2.24) is 5.32 Å². The Balaban J connectivity index is 2.55. The molecule has 6 nitrogen and oxygen atoms in total. The third-order valence-corrected chi connectivity index (χ3v) is 3.97. The van der Waals surface area contributed by atoms with E-state index in [-0.39, 0.29) is 29.7 Å². The number of rotatable bonds is 5. The first-order valence-electron chi connectivity index (χ1n) is 6.88. The molecule has 0 fully saturated rings. The molecule has 0 heterocycles. The second-order valence-electron chi connectivity index (χ2n) is 6.10. The number of anilines is 1. The quantitative estimate of drug-likeness (QED) is 0.859. The molecule has 0 radical (unpaired) electrons. The van der Waals surface area contributed by atoms with E-state index in [1.54, 1.807) is 32.9 Å². The average molecular weight is 326 g/mol. The Kier molecular flexibility index (Phi) is 5.71. The third kappa shape index (κ3) is 5.85. The van der Waals surface area contributed by atoms with Gasteiger partial charge in [0.15, 0.2) is 9.84 Å². The van der Waals surface area contributed by atoms with Crippen LogP contribution in [0, 0.1) is 5.41 Å². The van der Waals surface area contributed by atoms with Crippen molar-refractivity contribution in [2.45, 2.75) is 32.1 Å². The minimum Gasteiger partial charge on any atom is -0.355 e. The highest BCUT2D eigenvalue weighted by Gasteiger charge is 2.20. The van der Waals surface area contributed by atoms with Crippen LogP contribution in [0.4, 0.5) is 5.69 Å². The molecule has 0 saturated carbocycles. The SMILES string of the molecule is CC(C)(C)C(=O)NCCC(=O)Nc1cccc(S(C)(=O)=O)c1. The molecule has 122 valence electrons. The van der Waals surface area contributed by atoms with E-state index in [1.807, 2.05) is 0 Å². The minimum absolute atomic E-state index is 0.116. The predicted molar refractivity (Wildman–Crippen MR) is 85.3 cm³/mol. The van der Waals surface area contributed by atoms with Crippen molar-refractivity contribution < 1.29 is 18.0 Å². The predicted octanol–water partition coefficient (Wildman–Crippen LogP) is 1.58. The molecule has 2 amide bonds. The van der Waals surface area contributed by atoms with Crippen LogP contribution >= 0.6 is 0 Å². The second-order valence-corrected chi connectivity index (χ2v) is 8.12. The molecule has 7 heteroatoms. The third-order valence-electron chi connectivity index (χ3n) is 2.86. The first-order valence-corrected chi connectivity index (χ1v) is 8.77. The van der Waals surface area contributed by atoms with Crippen molar-refractivity contribution in [2.24, 2.45) is 5.41 Å². The smallest absolute Gasteiger partial charge is 0.226 e. The molecule has 1 aromatic carbocycles. The fraction of sp³-hybridized carbons (Fsp3) is 0.467. The lowest BCUT2D eigenvalue weighted by Crippen LogP contribution is -2.36. The molecule has 2 N–H and O–H groups in total. The van der Waals surface area contributed by atoms with Crippen LogP contribution in [0.15, 0.2) is 29.2 Å². The molecule has 0 aliphatic carbocycles. The number of carbonyl (C=O) groups excluding carboxylic acids is 2. The number of benzene rings is 1. The topological polar surface area (TPSA) is 92.3 Å². The van der Waals surface area contributed by atoms with Gasteiger partial charge in [-0.05, 0) is 18.2 Å². The summed E-state index contributed by atoms with van der Waals surface area (Å²) in [6.45, 7) is 5.60. The molecule has 0 unspecified atom stereocenters. The van der Waals surface area contributed by atoms with E-state index in [2.05, 4.69) is 10.6 Å². The Bertz CT molecular complexity index is 660. The zero-order chi connectivity index (χ0) is 17.0. The van der Waals surface area contributed by atoms with E-state index >= 15 is 0 Å². The van der Waals surface area contributed by atoms with Crippen LogP contribution < -0.4 is 10.6 Å². The summed E-state index contributed by atoms with van der Waals surface area (Å²) in [5.41, 5.74) is -0.0876. The molecular weight excluding hydrogens is 304 g/mol. The van der Waals surface area contributed by atoms with Crippen molar-refractivity contribution in [3.63, 3.8) is 0 Å². The van der Waals surface area contributed by atoms with Crippen LogP contribution in [0.5, 0.6) is 0 Å². The van der Waals surface area contributed by atoms with Crippen molar-refractivity contribution in [3.8, 4) is 0 Å². The maximum atomic E-state index is 11.8. The Morgan fingerprint density at radius 2 is 1.82 bits per heavy atom. The Morgan fingerprint density at radius 1 is 1.18 bits per heavy atom. The van der Waals surface area contributed by atoms with Gasteiger partial charge in [0.1, 0.15) is 0 Å². The van der Waals surface area contributed by atoms with Gasteiger partial charge < -0.3 is 10.6 Å². The van der Waals surface area contributed by atoms with Gasteiger partial charge in [0.2, 0.25) is 11.8 Å².